The zero-order chi connectivity index (χ0) is 51.6. The molecule has 29 heteroatoms. The molecule has 4 heterocycles. The molecule has 0 spiro atoms. The second-order valence-electron chi connectivity index (χ2n) is 17.8. The van der Waals surface area contributed by atoms with E-state index in [-0.39, 0.29) is 48.5 Å². The van der Waals surface area contributed by atoms with Crippen molar-refractivity contribution in [2.75, 3.05) is 0 Å². The summed E-state index contributed by atoms with van der Waals surface area (Å²) in [6.07, 6.45) is 0. The van der Waals surface area contributed by atoms with Crippen LogP contribution in [0.15, 0.2) is 63.4 Å². The Kier molecular flexibility index (Phi) is 7.11. The van der Waals surface area contributed by atoms with Gasteiger partial charge < -0.3 is 18.0 Å². The highest BCUT2D eigenvalue weighted by Crippen LogP contribution is 2.68. The molecule has 4 aliphatic carbocycles. The summed E-state index contributed by atoms with van der Waals surface area (Å²) < 4.78 is 380. The van der Waals surface area contributed by atoms with Crippen molar-refractivity contribution in [3.63, 3.8) is 0 Å². The lowest BCUT2D eigenvalue weighted by Crippen LogP contribution is -2.60. The Bertz CT molecular complexity index is 3590. The fourth-order valence-corrected chi connectivity index (χ4v) is 10.9. The van der Waals surface area contributed by atoms with E-state index in [1.165, 1.54) is 0 Å². The summed E-state index contributed by atoms with van der Waals surface area (Å²) in [5.41, 5.74) is -32.5. The first-order chi connectivity index (χ1) is 32.3. The lowest BCUT2D eigenvalue weighted by molar-refractivity contribution is -0.302. The fourth-order valence-electron chi connectivity index (χ4n) is 10.9. The predicted molar refractivity (Wildman–Crippen MR) is 193 cm³/mol. The molecule has 0 radical (unpaired) electrons. The van der Waals surface area contributed by atoms with Crippen molar-refractivity contribution in [2.45, 2.75) is 71.1 Å². The van der Waals surface area contributed by atoms with Gasteiger partial charge in [-0.1, -0.05) is 12.1 Å². The highest BCUT2D eigenvalue weighted by Gasteiger charge is 2.83. The predicted octanol–water partition coefficient (Wildman–Crippen LogP) is 12.7. The number of hydrogen-bond acceptors (Lipinski definition) is 2. The summed E-state index contributed by atoms with van der Waals surface area (Å²) >= 11 is 0. The smallest absolute Gasteiger partial charge is 0.380 e. The normalized spacial score (nSPS) is 24.8. The third kappa shape index (κ3) is 4.15. The van der Waals surface area contributed by atoms with Crippen LogP contribution in [-0.4, -0.2) is 39.5 Å². The van der Waals surface area contributed by atoms with Crippen LogP contribution < -0.4 is 16.4 Å². The molecule has 6 aliphatic rings. The van der Waals surface area contributed by atoms with Gasteiger partial charge in [-0.25, -0.2) is 0 Å². The molecule has 0 saturated carbocycles. The minimum Gasteiger partial charge on any atom is -0.453 e. The zero-order valence-electron chi connectivity index (χ0n) is 33.1. The first-order valence-corrected chi connectivity index (χ1v) is 19.8. The Labute approximate surface area is 372 Å². The van der Waals surface area contributed by atoms with Crippen LogP contribution in [0.25, 0.3) is 55.8 Å². The van der Waals surface area contributed by atoms with Gasteiger partial charge in [0.25, 0.3) is 6.71 Å². The average molecular weight is 1040 g/mol. The van der Waals surface area contributed by atoms with E-state index in [2.05, 4.69) is 0 Å². The Morgan fingerprint density at radius 1 is 0.296 bits per heavy atom. The van der Waals surface area contributed by atoms with Gasteiger partial charge in [0.2, 0.25) is 0 Å². The van der Waals surface area contributed by atoms with Gasteiger partial charge in [-0.3, -0.25) is 0 Å². The van der Waals surface area contributed by atoms with Gasteiger partial charge in [0.05, 0.1) is 22.1 Å². The first kappa shape index (κ1) is 44.6. The maximum Gasteiger partial charge on any atom is 0.380 e. The molecule has 0 atom stereocenters. The van der Waals surface area contributed by atoms with Crippen LogP contribution in [0.1, 0.15) is 44.5 Å². The summed E-state index contributed by atoms with van der Waals surface area (Å²) in [6.45, 7) is -2.49. The van der Waals surface area contributed by atoms with Gasteiger partial charge in [0, 0.05) is 61.9 Å². The van der Waals surface area contributed by atoms with Crippen molar-refractivity contribution in [1.29, 1.82) is 0 Å². The third-order valence-electron chi connectivity index (χ3n) is 14.4. The molecule has 370 valence electrons. The highest BCUT2D eigenvalue weighted by atomic mass is 19.4. The molecule has 0 N–H and O–H groups in total. The highest BCUT2D eigenvalue weighted by molar-refractivity contribution is 7.00. The second-order valence-corrected chi connectivity index (χ2v) is 17.8. The van der Waals surface area contributed by atoms with Crippen molar-refractivity contribution in [1.82, 2.24) is 9.13 Å². The van der Waals surface area contributed by atoms with Crippen LogP contribution in [0.5, 0.6) is 0 Å². The van der Waals surface area contributed by atoms with Gasteiger partial charge in [-0.2, -0.15) is 105 Å². The number of nitrogens with zero attached hydrogens (tertiary/aromatic N) is 2. The van der Waals surface area contributed by atoms with E-state index < -0.39 is 194 Å². The molecule has 0 saturated heterocycles. The van der Waals surface area contributed by atoms with Crippen molar-refractivity contribution in [3.05, 3.63) is 99.1 Å². The largest absolute Gasteiger partial charge is 0.453 e. The molecule has 5 aromatic carbocycles. The second kappa shape index (κ2) is 11.3. The van der Waals surface area contributed by atoms with E-state index in [1.807, 2.05) is 0 Å². The van der Waals surface area contributed by atoms with Crippen molar-refractivity contribution >= 4 is 67.5 Å². The number of alkyl halides is 24. The Hall–Kier alpha value is -6.32. The van der Waals surface area contributed by atoms with Gasteiger partial charge in [0.1, 0.15) is 0 Å². The van der Waals surface area contributed by atoms with Crippen LogP contribution in [0.3, 0.4) is 0 Å². The standard InChI is InChI=1S/C42H9BF24N2O2/c44-31(45)10-1-18-20(3-12(10)33(48,49)39(31,60)61)68-22-5-14-16(37(56,57)41(64,65)35(14,52)53)7-24(22)70-26-9-27-30-28(29(26)68)43(18)19-2-11-13(34(50,51)40(62,63)32(11,46)47)4-21(19)69(30)23-6-15-17(8-25(23)71-27)38(58,59)42(66,67)36(15,54)55/h1-9H. The monoisotopic (exact) mass is 1040 g/mol. The number of aromatic nitrogens is 2. The minimum absolute atomic E-state index is 0.126. The summed E-state index contributed by atoms with van der Waals surface area (Å²) in [6, 6.07) is -0.661. The number of rotatable bonds is 0. The van der Waals surface area contributed by atoms with Gasteiger partial charge in [-0.15, -0.1) is 0 Å². The molecule has 0 amide bonds. The summed E-state index contributed by atoms with van der Waals surface area (Å²) in [4.78, 5) is 0. The van der Waals surface area contributed by atoms with E-state index in [0.29, 0.717) is 15.2 Å². The number of fused-ring (bicyclic) bond motifs is 14. The summed E-state index contributed by atoms with van der Waals surface area (Å²) in [5.74, 6) is -72.2. The van der Waals surface area contributed by atoms with Crippen LogP contribution in [0.4, 0.5) is 105 Å². The van der Waals surface area contributed by atoms with E-state index >= 15 is 87.8 Å². The number of benzene rings is 5. The molecule has 7 aromatic rings. The third-order valence-corrected chi connectivity index (χ3v) is 14.4. The maximum atomic E-state index is 15.7. The molecule has 2 aromatic heterocycles. The van der Waals surface area contributed by atoms with E-state index in [4.69, 9.17) is 8.83 Å². The number of hydrogen-bond donors (Lipinski definition) is 0. The maximum absolute atomic E-state index is 15.7. The molecule has 0 bridgehead atoms. The fraction of sp³-hybridized carbons (Fsp3) is 0.286. The molecular weight excluding hydrogens is 1030 g/mol. The van der Waals surface area contributed by atoms with Gasteiger partial charge in [-0.05, 0) is 52.8 Å². The lowest BCUT2D eigenvalue weighted by atomic mass is 9.34. The molecule has 2 aliphatic heterocycles. The van der Waals surface area contributed by atoms with E-state index in [9.17, 15) is 17.6 Å². The van der Waals surface area contributed by atoms with Crippen molar-refractivity contribution in [2.24, 2.45) is 0 Å². The number of halogens is 24. The van der Waals surface area contributed by atoms with Crippen LogP contribution >= 0.6 is 0 Å². The zero-order valence-corrected chi connectivity index (χ0v) is 33.1. The van der Waals surface area contributed by atoms with Crippen LogP contribution in [-0.2, 0) is 47.4 Å². The molecular formula is C42H9BF24N2O2. The van der Waals surface area contributed by atoms with Crippen molar-refractivity contribution in [3.8, 4) is 11.4 Å². The topological polar surface area (TPSA) is 36.1 Å². The Balaban J connectivity index is 1.29. The first-order valence-electron chi connectivity index (χ1n) is 19.8. The Morgan fingerprint density at radius 3 is 0.845 bits per heavy atom. The van der Waals surface area contributed by atoms with Crippen LogP contribution in [0.2, 0.25) is 0 Å². The summed E-state index contributed by atoms with van der Waals surface area (Å²) in [7, 11) is 0. The van der Waals surface area contributed by atoms with Gasteiger partial charge >= 0.3 is 71.1 Å². The van der Waals surface area contributed by atoms with Crippen LogP contribution in [0, 0.1) is 0 Å². The lowest BCUT2D eigenvalue weighted by Gasteiger charge is -2.36. The molecule has 13 rings (SSSR count). The molecule has 4 nitrogen and oxygen atoms in total. The minimum atomic E-state index is -6.37. The summed E-state index contributed by atoms with van der Waals surface area (Å²) in [5, 5.41) is 0. The SMILES string of the molecule is FC1(F)c2cc3c(cc2C(F)(F)C1(F)F)-n1c2cc4c(cc2oc2cc5oc6cc7c(cc6n6c5c(c21)B3c1cc2c(cc1-6)C(F)(F)C(F)(F)C2(F)F)C(F)(F)C(F)(F)C7(F)F)C(F)(F)C(F)(F)C4(F)F. The quantitative estimate of drug-likeness (QED) is 0.0862. The van der Waals surface area contributed by atoms with E-state index in [0.717, 1.165) is 0 Å². The average Bonchev–Trinajstić information content (AvgIpc) is 3.55. The Morgan fingerprint density at radius 2 is 0.549 bits per heavy atom. The molecule has 71 heavy (non-hydrogen) atoms. The molecule has 0 unspecified atom stereocenters. The van der Waals surface area contributed by atoms with Gasteiger partial charge in [0.15, 0.2) is 22.3 Å². The van der Waals surface area contributed by atoms with Crippen molar-refractivity contribution < 1.29 is 114 Å². The van der Waals surface area contributed by atoms with E-state index in [1.54, 1.807) is 0 Å². The molecule has 0 fully saturated rings.